The van der Waals surface area contributed by atoms with E-state index in [4.69, 9.17) is 0 Å². The normalized spacial score (nSPS) is 15.7. The van der Waals surface area contributed by atoms with Crippen LogP contribution in [-0.4, -0.2) is 35.8 Å². The van der Waals surface area contributed by atoms with Gasteiger partial charge in [0.05, 0.1) is 4.88 Å². The number of carbonyl (C=O) groups excluding carboxylic acids is 2. The highest BCUT2D eigenvalue weighted by Crippen LogP contribution is 2.20. The van der Waals surface area contributed by atoms with Gasteiger partial charge in [0.1, 0.15) is 0 Å². The number of carbonyl (C=O) groups is 2. The molecule has 2 aromatic rings. The maximum Gasteiger partial charge on any atom is 0.261 e. The molecule has 0 bridgehead atoms. The molecule has 1 aromatic carbocycles. The third kappa shape index (κ3) is 6.41. The largest absolute Gasteiger partial charge is 0.350 e. The number of amides is 2. The first-order valence-electron chi connectivity index (χ1n) is 10.5. The summed E-state index contributed by atoms with van der Waals surface area (Å²) >= 11 is 1.57. The molecule has 29 heavy (non-hydrogen) atoms. The Hall–Kier alpha value is -2.18. The fourth-order valence-electron chi connectivity index (χ4n) is 3.42. The van der Waals surface area contributed by atoms with E-state index in [1.54, 1.807) is 17.4 Å². The van der Waals surface area contributed by atoms with Crippen molar-refractivity contribution < 1.29 is 9.59 Å². The maximum absolute atomic E-state index is 12.5. The second-order valence-electron chi connectivity index (χ2n) is 7.77. The topological polar surface area (TPSA) is 61.4 Å². The lowest BCUT2D eigenvalue weighted by Crippen LogP contribution is -2.32. The highest BCUT2D eigenvalue weighted by atomic mass is 32.1. The maximum atomic E-state index is 12.5. The Labute approximate surface area is 177 Å². The van der Waals surface area contributed by atoms with E-state index in [0.29, 0.717) is 12.1 Å². The van der Waals surface area contributed by atoms with E-state index in [1.165, 1.54) is 24.1 Å². The van der Waals surface area contributed by atoms with Crippen molar-refractivity contribution in [1.82, 2.24) is 15.5 Å². The summed E-state index contributed by atoms with van der Waals surface area (Å²) in [6.07, 6.45) is 4.76. The van der Waals surface area contributed by atoms with Gasteiger partial charge < -0.3 is 10.6 Å². The number of thiophene rings is 1. The summed E-state index contributed by atoms with van der Waals surface area (Å²) in [7, 11) is 0. The quantitative estimate of drug-likeness (QED) is 0.682. The van der Waals surface area contributed by atoms with Crippen LogP contribution in [0.5, 0.6) is 0 Å². The minimum Gasteiger partial charge on any atom is -0.350 e. The molecule has 1 aliphatic heterocycles. The average Bonchev–Trinajstić information content (AvgIpc) is 3.21. The number of benzene rings is 1. The minimum atomic E-state index is -0.0758. The standard InChI is InChI=1S/C23H31N3O2S/c1-3-17(2)25-22(27)19-9-7-8-18(14-19)15-24-23(28)21-11-10-20(29-21)16-26-12-5-4-6-13-26/h7-11,14,17H,3-6,12-13,15-16H2,1-2H3,(H,24,28)(H,25,27)/t17-/m1/s1. The van der Waals surface area contributed by atoms with Gasteiger partial charge >= 0.3 is 0 Å². The highest BCUT2D eigenvalue weighted by Gasteiger charge is 2.14. The third-order valence-corrected chi connectivity index (χ3v) is 6.41. The lowest BCUT2D eigenvalue weighted by Gasteiger charge is -2.25. The Kier molecular flexibility index (Phi) is 7.83. The predicted octanol–water partition coefficient (Wildman–Crippen LogP) is 4.19. The molecule has 1 fully saturated rings. The molecular weight excluding hydrogens is 382 g/mol. The van der Waals surface area contributed by atoms with Gasteiger partial charge in [0.15, 0.2) is 0 Å². The Morgan fingerprint density at radius 2 is 1.90 bits per heavy atom. The van der Waals surface area contributed by atoms with Crippen LogP contribution >= 0.6 is 11.3 Å². The Bertz CT molecular complexity index is 827. The summed E-state index contributed by atoms with van der Waals surface area (Å²) in [6, 6.07) is 11.5. The van der Waals surface area contributed by atoms with Crippen molar-refractivity contribution in [2.24, 2.45) is 0 Å². The number of hydrogen-bond acceptors (Lipinski definition) is 4. The van der Waals surface area contributed by atoms with Crippen molar-refractivity contribution >= 4 is 23.2 Å². The van der Waals surface area contributed by atoms with Crippen molar-refractivity contribution in [2.45, 2.75) is 58.7 Å². The average molecular weight is 414 g/mol. The first kappa shape index (κ1) is 21.5. The van der Waals surface area contributed by atoms with Gasteiger partial charge in [-0.15, -0.1) is 11.3 Å². The fraction of sp³-hybridized carbons (Fsp3) is 0.478. The van der Waals surface area contributed by atoms with Gasteiger partial charge in [0.25, 0.3) is 11.8 Å². The predicted molar refractivity (Wildman–Crippen MR) is 118 cm³/mol. The second-order valence-corrected chi connectivity index (χ2v) is 8.94. The van der Waals surface area contributed by atoms with Gasteiger partial charge in [0.2, 0.25) is 0 Å². The van der Waals surface area contributed by atoms with Crippen LogP contribution in [-0.2, 0) is 13.1 Å². The van der Waals surface area contributed by atoms with E-state index >= 15 is 0 Å². The summed E-state index contributed by atoms with van der Waals surface area (Å²) in [6.45, 7) is 7.68. The number of hydrogen-bond donors (Lipinski definition) is 2. The van der Waals surface area contributed by atoms with Crippen molar-refractivity contribution in [3.63, 3.8) is 0 Å². The van der Waals surface area contributed by atoms with E-state index in [0.717, 1.165) is 36.5 Å². The molecule has 1 aromatic heterocycles. The van der Waals surface area contributed by atoms with Crippen LogP contribution in [0, 0.1) is 0 Å². The number of rotatable bonds is 8. The molecule has 5 nitrogen and oxygen atoms in total. The van der Waals surface area contributed by atoms with Gasteiger partial charge in [0, 0.05) is 29.6 Å². The van der Waals surface area contributed by atoms with Crippen LogP contribution < -0.4 is 10.6 Å². The summed E-state index contributed by atoms with van der Waals surface area (Å²) in [5.41, 5.74) is 1.54. The molecule has 0 unspecified atom stereocenters. The zero-order chi connectivity index (χ0) is 20.6. The lowest BCUT2D eigenvalue weighted by molar-refractivity contribution is 0.0937. The van der Waals surface area contributed by atoms with E-state index in [-0.39, 0.29) is 17.9 Å². The third-order valence-electron chi connectivity index (χ3n) is 5.35. The molecule has 0 radical (unpaired) electrons. The Morgan fingerprint density at radius 3 is 2.66 bits per heavy atom. The molecule has 6 heteroatoms. The number of nitrogens with zero attached hydrogens (tertiary/aromatic N) is 1. The van der Waals surface area contributed by atoms with Crippen molar-refractivity contribution in [3.05, 3.63) is 57.3 Å². The summed E-state index contributed by atoms with van der Waals surface area (Å²) < 4.78 is 0. The Balaban J connectivity index is 1.53. The molecular formula is C23H31N3O2S. The number of piperidine rings is 1. The summed E-state index contributed by atoms with van der Waals surface area (Å²) in [5, 5.41) is 5.95. The first-order chi connectivity index (χ1) is 14.0. The zero-order valence-electron chi connectivity index (χ0n) is 17.4. The molecule has 0 aliphatic carbocycles. The van der Waals surface area contributed by atoms with Crippen molar-refractivity contribution in [1.29, 1.82) is 0 Å². The molecule has 1 aliphatic rings. The van der Waals surface area contributed by atoms with Gasteiger partial charge in [-0.1, -0.05) is 25.5 Å². The molecule has 0 saturated carbocycles. The minimum absolute atomic E-state index is 0.0608. The van der Waals surface area contributed by atoms with Gasteiger partial charge in [-0.3, -0.25) is 14.5 Å². The van der Waals surface area contributed by atoms with Gasteiger partial charge in [-0.05, 0) is 69.1 Å². The highest BCUT2D eigenvalue weighted by molar-refractivity contribution is 7.14. The monoisotopic (exact) mass is 413 g/mol. The van der Waals surface area contributed by atoms with Crippen LogP contribution in [0.3, 0.4) is 0 Å². The second kappa shape index (κ2) is 10.6. The molecule has 3 rings (SSSR count). The van der Waals surface area contributed by atoms with E-state index in [1.807, 2.05) is 38.1 Å². The fourth-order valence-corrected chi connectivity index (χ4v) is 4.39. The molecule has 1 atom stereocenters. The van der Waals surface area contributed by atoms with Crippen molar-refractivity contribution in [2.75, 3.05) is 13.1 Å². The van der Waals surface area contributed by atoms with Crippen LogP contribution in [0.4, 0.5) is 0 Å². The van der Waals surface area contributed by atoms with Crippen molar-refractivity contribution in [3.8, 4) is 0 Å². The van der Waals surface area contributed by atoms with E-state index < -0.39 is 0 Å². The van der Waals surface area contributed by atoms with Crippen LogP contribution in [0.2, 0.25) is 0 Å². The van der Waals surface area contributed by atoms with Gasteiger partial charge in [-0.2, -0.15) is 0 Å². The SMILES string of the molecule is CC[C@@H](C)NC(=O)c1cccc(CNC(=O)c2ccc(CN3CCCCC3)s2)c1. The van der Waals surface area contributed by atoms with Crippen LogP contribution in [0.25, 0.3) is 0 Å². The molecule has 2 N–H and O–H groups in total. The lowest BCUT2D eigenvalue weighted by atomic mass is 10.1. The first-order valence-corrected chi connectivity index (χ1v) is 11.4. The Morgan fingerprint density at radius 1 is 1.10 bits per heavy atom. The summed E-state index contributed by atoms with van der Waals surface area (Å²) in [5.74, 6) is -0.137. The molecule has 1 saturated heterocycles. The van der Waals surface area contributed by atoms with Gasteiger partial charge in [-0.25, -0.2) is 0 Å². The van der Waals surface area contributed by atoms with Crippen LogP contribution in [0.15, 0.2) is 36.4 Å². The smallest absolute Gasteiger partial charge is 0.261 e. The number of nitrogens with one attached hydrogen (secondary N) is 2. The van der Waals surface area contributed by atoms with E-state index in [9.17, 15) is 9.59 Å². The zero-order valence-corrected chi connectivity index (χ0v) is 18.2. The molecule has 156 valence electrons. The van der Waals surface area contributed by atoms with E-state index in [2.05, 4.69) is 21.6 Å². The number of likely N-dealkylation sites (tertiary alicyclic amines) is 1. The molecule has 2 amide bonds. The summed E-state index contributed by atoms with van der Waals surface area (Å²) in [4.78, 5) is 29.3. The molecule has 0 spiro atoms. The molecule has 2 heterocycles. The van der Waals surface area contributed by atoms with Crippen LogP contribution in [0.1, 0.15) is 70.0 Å².